The fraction of sp³-hybridized carbons (Fsp3) is 0.273. The Labute approximate surface area is 112 Å². The molecular weight excluding hydrogens is 308 g/mol. The van der Waals surface area contributed by atoms with Crippen molar-refractivity contribution in [1.82, 2.24) is 14.8 Å². The molecule has 0 fully saturated rings. The summed E-state index contributed by atoms with van der Waals surface area (Å²) >= 11 is 9.07. The van der Waals surface area contributed by atoms with Crippen LogP contribution in [0.2, 0.25) is 0 Å². The molecule has 2 aromatic rings. The van der Waals surface area contributed by atoms with Crippen molar-refractivity contribution in [1.29, 1.82) is 0 Å². The van der Waals surface area contributed by atoms with Crippen molar-refractivity contribution >= 4 is 27.5 Å². The molecule has 0 N–H and O–H groups in total. The highest BCUT2D eigenvalue weighted by Crippen LogP contribution is 2.25. The fourth-order valence-corrected chi connectivity index (χ4v) is 2.19. The molecule has 2 rings (SSSR count). The first-order valence-electron chi connectivity index (χ1n) is 5.10. The number of aromatic nitrogens is 3. The lowest BCUT2D eigenvalue weighted by Gasteiger charge is -2.07. The molecule has 0 amide bonds. The number of nitrogens with zero attached hydrogens (tertiary/aromatic N) is 3. The minimum atomic E-state index is -0.323. The molecule has 0 saturated heterocycles. The quantitative estimate of drug-likeness (QED) is 0.810. The van der Waals surface area contributed by atoms with E-state index in [2.05, 4.69) is 26.1 Å². The summed E-state index contributed by atoms with van der Waals surface area (Å²) in [5.41, 5.74) is 0.421. The van der Waals surface area contributed by atoms with Crippen LogP contribution in [-0.4, -0.2) is 14.8 Å². The van der Waals surface area contributed by atoms with Crippen LogP contribution < -0.4 is 0 Å². The SMILES string of the molecule is CCn1c(CCl)nnc1-c1cc(Br)ccc1F. The number of alkyl halides is 1. The van der Waals surface area contributed by atoms with Gasteiger partial charge in [0, 0.05) is 11.0 Å². The highest BCUT2D eigenvalue weighted by atomic mass is 79.9. The normalized spacial score (nSPS) is 10.8. The van der Waals surface area contributed by atoms with Crippen LogP contribution in [-0.2, 0) is 12.4 Å². The summed E-state index contributed by atoms with van der Waals surface area (Å²) in [7, 11) is 0. The van der Waals surface area contributed by atoms with Crippen LogP contribution in [0.25, 0.3) is 11.4 Å². The van der Waals surface area contributed by atoms with E-state index in [9.17, 15) is 4.39 Å². The maximum atomic E-state index is 13.7. The minimum Gasteiger partial charge on any atom is -0.310 e. The maximum Gasteiger partial charge on any atom is 0.166 e. The third-order valence-corrected chi connectivity index (χ3v) is 3.16. The third kappa shape index (κ3) is 2.35. The van der Waals surface area contributed by atoms with Gasteiger partial charge in [0.05, 0.1) is 11.4 Å². The number of halogens is 3. The molecule has 0 aliphatic carbocycles. The van der Waals surface area contributed by atoms with Crippen LogP contribution >= 0.6 is 27.5 Å². The topological polar surface area (TPSA) is 30.7 Å². The molecule has 0 spiro atoms. The first-order valence-corrected chi connectivity index (χ1v) is 6.43. The molecule has 6 heteroatoms. The smallest absolute Gasteiger partial charge is 0.166 e. The first kappa shape index (κ1) is 12.5. The van der Waals surface area contributed by atoms with Gasteiger partial charge in [-0.25, -0.2) is 4.39 Å². The highest BCUT2D eigenvalue weighted by molar-refractivity contribution is 9.10. The van der Waals surface area contributed by atoms with Crippen molar-refractivity contribution in [3.05, 3.63) is 34.3 Å². The average Bonchev–Trinajstić information content (AvgIpc) is 2.74. The summed E-state index contributed by atoms with van der Waals surface area (Å²) in [5.74, 6) is 1.08. The highest BCUT2D eigenvalue weighted by Gasteiger charge is 2.15. The van der Waals surface area contributed by atoms with Gasteiger partial charge in [-0.1, -0.05) is 15.9 Å². The summed E-state index contributed by atoms with van der Waals surface area (Å²) in [6, 6.07) is 4.73. The molecule has 0 aliphatic rings. The monoisotopic (exact) mass is 317 g/mol. The van der Waals surface area contributed by atoms with E-state index in [1.807, 2.05) is 6.92 Å². The largest absolute Gasteiger partial charge is 0.310 e. The van der Waals surface area contributed by atoms with Crippen molar-refractivity contribution in [3.8, 4) is 11.4 Å². The Bertz CT molecular complexity index is 542. The molecular formula is C11H10BrClFN3. The Kier molecular flexibility index (Phi) is 3.79. The van der Waals surface area contributed by atoms with Gasteiger partial charge >= 0.3 is 0 Å². The van der Waals surface area contributed by atoms with Crippen molar-refractivity contribution in [2.24, 2.45) is 0 Å². The summed E-state index contributed by atoms with van der Waals surface area (Å²) in [5, 5.41) is 7.95. The zero-order valence-electron chi connectivity index (χ0n) is 9.12. The maximum absolute atomic E-state index is 13.7. The zero-order valence-corrected chi connectivity index (χ0v) is 11.5. The van der Waals surface area contributed by atoms with Gasteiger partial charge in [-0.15, -0.1) is 21.8 Å². The number of hydrogen-bond acceptors (Lipinski definition) is 2. The lowest BCUT2D eigenvalue weighted by atomic mass is 10.2. The van der Waals surface area contributed by atoms with E-state index in [1.165, 1.54) is 6.07 Å². The Morgan fingerprint density at radius 3 is 2.82 bits per heavy atom. The van der Waals surface area contributed by atoms with E-state index in [4.69, 9.17) is 11.6 Å². The van der Waals surface area contributed by atoms with Crippen molar-refractivity contribution in [2.45, 2.75) is 19.3 Å². The van der Waals surface area contributed by atoms with Crippen LogP contribution in [0.5, 0.6) is 0 Å². The van der Waals surface area contributed by atoms with Gasteiger partial charge in [-0.3, -0.25) is 0 Å². The molecule has 3 nitrogen and oxygen atoms in total. The first-order chi connectivity index (χ1) is 8.17. The second kappa shape index (κ2) is 5.14. The fourth-order valence-electron chi connectivity index (χ4n) is 1.63. The van der Waals surface area contributed by atoms with Crippen molar-refractivity contribution in [2.75, 3.05) is 0 Å². The summed E-state index contributed by atoms with van der Waals surface area (Å²) in [4.78, 5) is 0. The molecule has 0 radical (unpaired) electrons. The minimum absolute atomic E-state index is 0.260. The average molecular weight is 319 g/mol. The van der Waals surface area contributed by atoms with Crippen LogP contribution in [0.3, 0.4) is 0 Å². The van der Waals surface area contributed by atoms with E-state index >= 15 is 0 Å². The van der Waals surface area contributed by atoms with Gasteiger partial charge in [0.25, 0.3) is 0 Å². The molecule has 0 bridgehead atoms. The van der Waals surface area contributed by atoms with Crippen LogP contribution in [0.4, 0.5) is 4.39 Å². The van der Waals surface area contributed by atoms with Gasteiger partial charge in [-0.2, -0.15) is 0 Å². The zero-order chi connectivity index (χ0) is 12.4. The third-order valence-electron chi connectivity index (χ3n) is 2.43. The molecule has 1 heterocycles. The van der Waals surface area contributed by atoms with E-state index in [0.29, 0.717) is 23.8 Å². The summed E-state index contributed by atoms with van der Waals surface area (Å²) < 4.78 is 16.4. The van der Waals surface area contributed by atoms with Crippen LogP contribution in [0, 0.1) is 5.82 Å². The standard InChI is InChI=1S/C11H10BrClFN3/c1-2-17-10(6-13)15-16-11(17)8-5-7(12)3-4-9(8)14/h3-5H,2,6H2,1H3. The molecule has 17 heavy (non-hydrogen) atoms. The molecule has 1 aromatic carbocycles. The van der Waals surface area contributed by atoms with Crippen LogP contribution in [0.1, 0.15) is 12.7 Å². The second-order valence-electron chi connectivity index (χ2n) is 3.44. The Hall–Kier alpha value is -0.940. The molecule has 0 atom stereocenters. The van der Waals surface area contributed by atoms with E-state index in [-0.39, 0.29) is 11.7 Å². The lowest BCUT2D eigenvalue weighted by Crippen LogP contribution is -2.02. The Morgan fingerprint density at radius 1 is 1.41 bits per heavy atom. The van der Waals surface area contributed by atoms with Gasteiger partial charge in [-0.05, 0) is 25.1 Å². The predicted octanol–water partition coefficient (Wildman–Crippen LogP) is 3.61. The lowest BCUT2D eigenvalue weighted by molar-refractivity contribution is 0.626. The second-order valence-corrected chi connectivity index (χ2v) is 4.62. The summed E-state index contributed by atoms with van der Waals surface area (Å²) in [6.07, 6.45) is 0. The molecule has 0 saturated carbocycles. The Balaban J connectivity index is 2.59. The van der Waals surface area contributed by atoms with E-state index < -0.39 is 0 Å². The van der Waals surface area contributed by atoms with Gasteiger partial charge in [0.15, 0.2) is 5.82 Å². The van der Waals surface area contributed by atoms with Crippen molar-refractivity contribution in [3.63, 3.8) is 0 Å². The predicted molar refractivity (Wildman–Crippen MR) is 68.3 cm³/mol. The molecule has 0 unspecified atom stereocenters. The Morgan fingerprint density at radius 2 is 2.18 bits per heavy atom. The molecule has 0 aliphatic heterocycles. The summed E-state index contributed by atoms with van der Waals surface area (Å²) in [6.45, 7) is 2.59. The van der Waals surface area contributed by atoms with Gasteiger partial charge in [0.1, 0.15) is 11.6 Å². The van der Waals surface area contributed by atoms with Crippen molar-refractivity contribution < 1.29 is 4.39 Å². The van der Waals surface area contributed by atoms with Gasteiger partial charge < -0.3 is 4.57 Å². The number of benzene rings is 1. The van der Waals surface area contributed by atoms with E-state index in [1.54, 1.807) is 16.7 Å². The molecule has 90 valence electrons. The van der Waals surface area contributed by atoms with E-state index in [0.717, 1.165) is 4.47 Å². The molecule has 1 aromatic heterocycles. The van der Waals surface area contributed by atoms with Crippen LogP contribution in [0.15, 0.2) is 22.7 Å². The van der Waals surface area contributed by atoms with Gasteiger partial charge in [0.2, 0.25) is 0 Å². The number of hydrogen-bond donors (Lipinski definition) is 0. The number of rotatable bonds is 3.